The van der Waals surface area contributed by atoms with Gasteiger partial charge in [-0.05, 0) is 61.0 Å². The van der Waals surface area contributed by atoms with Gasteiger partial charge < -0.3 is 9.67 Å². The van der Waals surface area contributed by atoms with Crippen LogP contribution < -0.4 is 10.2 Å². The van der Waals surface area contributed by atoms with E-state index in [1.807, 2.05) is 0 Å². The molecule has 1 aromatic heterocycles. The predicted octanol–water partition coefficient (Wildman–Crippen LogP) is 3.15. The van der Waals surface area contributed by atoms with Gasteiger partial charge in [-0.3, -0.25) is 14.9 Å². The first kappa shape index (κ1) is 19.8. The van der Waals surface area contributed by atoms with E-state index in [1.165, 1.54) is 18.2 Å². The molecule has 2 N–H and O–H groups in total. The highest BCUT2D eigenvalue weighted by Gasteiger charge is 2.37. The molecule has 154 valence electrons. The molecule has 0 radical (unpaired) electrons. The number of hydrogen-bond donors (Lipinski definition) is 2. The van der Waals surface area contributed by atoms with Crippen molar-refractivity contribution in [3.8, 4) is 5.69 Å². The summed E-state index contributed by atoms with van der Waals surface area (Å²) in [7, 11) is 0. The van der Waals surface area contributed by atoms with E-state index in [0.717, 1.165) is 4.90 Å². The molecule has 0 saturated carbocycles. The lowest BCUT2D eigenvalue weighted by atomic mass is 10.1. The van der Waals surface area contributed by atoms with Gasteiger partial charge in [0.1, 0.15) is 5.57 Å². The van der Waals surface area contributed by atoms with Crippen LogP contribution in [0.5, 0.6) is 0 Å². The van der Waals surface area contributed by atoms with Crippen molar-refractivity contribution >= 4 is 35.6 Å². The Morgan fingerprint density at radius 2 is 1.68 bits per heavy atom. The minimum atomic E-state index is -1.04. The fourth-order valence-corrected chi connectivity index (χ4v) is 3.35. The Morgan fingerprint density at radius 3 is 2.35 bits per heavy atom. The van der Waals surface area contributed by atoms with E-state index >= 15 is 0 Å². The predicted molar refractivity (Wildman–Crippen MR) is 113 cm³/mol. The smallest absolute Gasteiger partial charge is 0.335 e. The van der Waals surface area contributed by atoms with Gasteiger partial charge in [0.15, 0.2) is 0 Å². The summed E-state index contributed by atoms with van der Waals surface area (Å²) < 4.78 is 1.70. The maximum Gasteiger partial charge on any atom is 0.335 e. The summed E-state index contributed by atoms with van der Waals surface area (Å²) in [4.78, 5) is 49.9. The lowest BCUT2D eigenvalue weighted by molar-refractivity contribution is -0.122. The van der Waals surface area contributed by atoms with Crippen molar-refractivity contribution in [1.29, 1.82) is 0 Å². The summed E-state index contributed by atoms with van der Waals surface area (Å²) in [5.41, 5.74) is 2.22. The maximum atomic E-state index is 13.1. The first-order valence-corrected chi connectivity index (χ1v) is 9.35. The number of para-hydroxylation sites is 1. The molecular weight excluding hydrogens is 398 g/mol. The summed E-state index contributed by atoms with van der Waals surface area (Å²) in [6, 6.07) is 15.7. The molecule has 8 nitrogen and oxygen atoms in total. The van der Waals surface area contributed by atoms with Crippen LogP contribution >= 0.6 is 0 Å². The number of aromatic nitrogens is 1. The second-order valence-electron chi connectivity index (χ2n) is 6.90. The zero-order valence-electron chi connectivity index (χ0n) is 16.4. The van der Waals surface area contributed by atoms with E-state index in [4.69, 9.17) is 5.11 Å². The zero-order valence-corrected chi connectivity index (χ0v) is 16.4. The highest BCUT2D eigenvalue weighted by Crippen LogP contribution is 2.25. The van der Waals surface area contributed by atoms with E-state index in [9.17, 15) is 19.2 Å². The molecule has 8 heteroatoms. The Balaban J connectivity index is 1.73. The molecule has 0 unspecified atom stereocenters. The van der Waals surface area contributed by atoms with Crippen molar-refractivity contribution in [2.24, 2.45) is 0 Å². The topological polar surface area (TPSA) is 109 Å². The number of benzene rings is 2. The number of amides is 4. The van der Waals surface area contributed by atoms with E-state index < -0.39 is 23.8 Å². The van der Waals surface area contributed by atoms with E-state index in [2.05, 4.69) is 5.32 Å². The first-order valence-electron chi connectivity index (χ1n) is 9.35. The molecule has 1 saturated heterocycles. The monoisotopic (exact) mass is 415 g/mol. The molecule has 2 aromatic carbocycles. The van der Waals surface area contributed by atoms with Gasteiger partial charge in [-0.2, -0.15) is 0 Å². The van der Waals surface area contributed by atoms with Gasteiger partial charge in [0.2, 0.25) is 0 Å². The van der Waals surface area contributed by atoms with Crippen molar-refractivity contribution in [1.82, 2.24) is 9.88 Å². The van der Waals surface area contributed by atoms with Crippen LogP contribution in [0.3, 0.4) is 0 Å². The van der Waals surface area contributed by atoms with Crippen LogP contribution in [-0.2, 0) is 9.59 Å². The van der Waals surface area contributed by atoms with Gasteiger partial charge in [0.05, 0.1) is 11.3 Å². The highest BCUT2D eigenvalue weighted by atomic mass is 16.4. The molecule has 0 aliphatic carbocycles. The van der Waals surface area contributed by atoms with E-state index in [1.54, 1.807) is 66.2 Å². The lowest BCUT2D eigenvalue weighted by Gasteiger charge is -2.27. The van der Waals surface area contributed by atoms with Gasteiger partial charge in [0, 0.05) is 17.6 Å². The number of aryl methyl sites for hydroxylation is 1. The summed E-state index contributed by atoms with van der Waals surface area (Å²) in [6.45, 7) is 1.77. The summed E-state index contributed by atoms with van der Waals surface area (Å²) >= 11 is 0. The normalized spacial score (nSPS) is 15.3. The SMILES string of the molecule is Cc1ccccc1N1C(=O)NC(=O)/C(=C\c2cccn2-c2ccc(C(=O)O)cc2)C1=O. The molecule has 1 aliphatic heterocycles. The quantitative estimate of drug-likeness (QED) is 0.503. The van der Waals surface area contributed by atoms with Crippen molar-refractivity contribution < 1.29 is 24.3 Å². The first-order chi connectivity index (χ1) is 14.9. The minimum absolute atomic E-state index is 0.144. The van der Waals surface area contributed by atoms with Gasteiger partial charge in [-0.25, -0.2) is 14.5 Å². The molecule has 4 amide bonds. The number of carboxylic acids is 1. The van der Waals surface area contributed by atoms with E-state index in [-0.39, 0.29) is 11.1 Å². The Hall–Kier alpha value is -4.46. The number of carbonyl (C=O) groups excluding carboxylic acids is 3. The number of nitrogens with zero attached hydrogens (tertiary/aromatic N) is 2. The number of carbonyl (C=O) groups is 4. The molecule has 4 rings (SSSR count). The van der Waals surface area contributed by atoms with Crippen molar-refractivity contribution in [3.05, 3.63) is 89.3 Å². The van der Waals surface area contributed by atoms with Crippen LogP contribution in [0.2, 0.25) is 0 Å². The lowest BCUT2D eigenvalue weighted by Crippen LogP contribution is -2.54. The summed E-state index contributed by atoms with van der Waals surface area (Å²) in [6.07, 6.45) is 3.12. The largest absolute Gasteiger partial charge is 0.478 e. The van der Waals surface area contributed by atoms with Crippen LogP contribution in [0.4, 0.5) is 10.5 Å². The highest BCUT2D eigenvalue weighted by molar-refractivity contribution is 6.39. The standard InChI is InChI=1S/C23H17N3O5/c1-14-5-2-3-7-19(14)26-21(28)18(20(27)24-23(26)31)13-17-6-4-12-25(17)16-10-8-15(9-11-16)22(29)30/h2-13H,1H3,(H,29,30)(H,24,27,31)/b18-13+. The third-order valence-electron chi connectivity index (χ3n) is 4.92. The summed E-state index contributed by atoms with van der Waals surface area (Å²) in [5, 5.41) is 11.3. The van der Waals surface area contributed by atoms with Crippen molar-refractivity contribution in [3.63, 3.8) is 0 Å². The van der Waals surface area contributed by atoms with Gasteiger partial charge in [-0.15, -0.1) is 0 Å². The average molecular weight is 415 g/mol. The second-order valence-corrected chi connectivity index (χ2v) is 6.90. The number of imide groups is 2. The van der Waals surface area contributed by atoms with Gasteiger partial charge in [0.25, 0.3) is 11.8 Å². The molecule has 1 aliphatic rings. The Bertz CT molecular complexity index is 1250. The number of carboxylic acid groups (broad SMARTS) is 1. The summed E-state index contributed by atoms with van der Waals surface area (Å²) in [5.74, 6) is -2.54. The molecule has 2 heterocycles. The minimum Gasteiger partial charge on any atom is -0.478 e. The molecule has 31 heavy (non-hydrogen) atoms. The van der Waals surface area contributed by atoms with E-state index in [0.29, 0.717) is 22.6 Å². The average Bonchev–Trinajstić information content (AvgIpc) is 3.20. The van der Waals surface area contributed by atoms with Crippen LogP contribution in [0.15, 0.2) is 72.4 Å². The van der Waals surface area contributed by atoms with Gasteiger partial charge in [-0.1, -0.05) is 18.2 Å². The number of aromatic carboxylic acids is 1. The molecule has 0 atom stereocenters. The third-order valence-corrected chi connectivity index (χ3v) is 4.92. The van der Waals surface area contributed by atoms with Gasteiger partial charge >= 0.3 is 12.0 Å². The number of anilines is 1. The van der Waals surface area contributed by atoms with Crippen LogP contribution in [0.1, 0.15) is 21.6 Å². The van der Waals surface area contributed by atoms with Crippen LogP contribution in [0.25, 0.3) is 11.8 Å². The van der Waals surface area contributed by atoms with Crippen molar-refractivity contribution in [2.45, 2.75) is 6.92 Å². The number of hydrogen-bond acceptors (Lipinski definition) is 4. The Kier molecular flexibility index (Phi) is 4.96. The molecule has 1 fully saturated rings. The van der Waals surface area contributed by atoms with Crippen LogP contribution in [-0.4, -0.2) is 33.5 Å². The van der Waals surface area contributed by atoms with Crippen molar-refractivity contribution in [2.75, 3.05) is 4.90 Å². The number of nitrogens with one attached hydrogen (secondary N) is 1. The maximum absolute atomic E-state index is 13.1. The number of urea groups is 1. The molecule has 0 spiro atoms. The fourth-order valence-electron chi connectivity index (χ4n) is 3.35. The number of barbiturate groups is 1. The fraction of sp³-hybridized carbons (Fsp3) is 0.0435. The zero-order chi connectivity index (χ0) is 22.1. The third kappa shape index (κ3) is 3.62. The molecular formula is C23H17N3O5. The number of rotatable bonds is 4. The second kappa shape index (κ2) is 7.75. The molecule has 0 bridgehead atoms. The Morgan fingerprint density at radius 1 is 0.968 bits per heavy atom. The van der Waals surface area contributed by atoms with Crippen LogP contribution in [0, 0.1) is 6.92 Å². The Labute approximate surface area is 177 Å². The molecule has 3 aromatic rings.